The van der Waals surface area contributed by atoms with Gasteiger partial charge in [-0.3, -0.25) is 4.74 Å². The molecule has 0 aromatic carbocycles. The van der Waals surface area contributed by atoms with Gasteiger partial charge in [0.2, 0.25) is 0 Å². The van der Waals surface area contributed by atoms with Crippen molar-refractivity contribution in [3.8, 4) is 0 Å². The maximum absolute atomic E-state index is 11.5. The average Bonchev–Trinajstić information content (AvgIpc) is 2.08. The maximum atomic E-state index is 11.5. The van der Waals surface area contributed by atoms with E-state index in [1.54, 1.807) is 7.11 Å². The third-order valence-corrected chi connectivity index (χ3v) is 1.50. The molecule has 0 atom stereocenters. The molecule has 6 heteroatoms. The van der Waals surface area contributed by atoms with Gasteiger partial charge in [-0.15, -0.1) is 13.2 Å². The van der Waals surface area contributed by atoms with Crippen LogP contribution in [0, 0.1) is 0 Å². The Morgan fingerprint density at radius 1 is 1.07 bits per heavy atom. The second-order valence-electron chi connectivity index (χ2n) is 2.74. The van der Waals surface area contributed by atoms with Crippen LogP contribution >= 0.6 is 0 Å². The molecule has 0 saturated heterocycles. The number of hydrogen-bond acceptors (Lipinski definition) is 3. The molecule has 0 aromatic heterocycles. The fourth-order valence-corrected chi connectivity index (χ4v) is 0.860. The van der Waals surface area contributed by atoms with Gasteiger partial charge in [0.25, 0.3) is 0 Å². The van der Waals surface area contributed by atoms with Crippen molar-refractivity contribution in [2.75, 3.05) is 33.4 Å². The molecule has 14 heavy (non-hydrogen) atoms. The minimum absolute atomic E-state index is 0.215. The molecule has 0 aliphatic rings. The summed E-state index contributed by atoms with van der Waals surface area (Å²) in [5.41, 5.74) is 0. The van der Waals surface area contributed by atoms with Crippen molar-refractivity contribution in [1.82, 2.24) is 5.32 Å². The van der Waals surface area contributed by atoms with Crippen LogP contribution in [0.4, 0.5) is 13.2 Å². The van der Waals surface area contributed by atoms with E-state index in [9.17, 15) is 13.2 Å². The number of nitrogens with one attached hydrogen (secondary N) is 1. The number of hydrogen-bond donors (Lipinski definition) is 1. The van der Waals surface area contributed by atoms with E-state index in [-0.39, 0.29) is 13.2 Å². The largest absolute Gasteiger partial charge is 0.522 e. The summed E-state index contributed by atoms with van der Waals surface area (Å²) >= 11 is 0. The summed E-state index contributed by atoms with van der Waals surface area (Å²) in [6.45, 7) is 1.24. The Labute approximate surface area is 81.6 Å². The van der Waals surface area contributed by atoms with Crippen LogP contribution in [0.2, 0.25) is 0 Å². The van der Waals surface area contributed by atoms with Crippen molar-refractivity contribution < 1.29 is 22.6 Å². The van der Waals surface area contributed by atoms with Crippen LogP contribution in [-0.4, -0.2) is 39.8 Å². The van der Waals surface area contributed by atoms with Crippen LogP contribution in [0.5, 0.6) is 0 Å². The fraction of sp³-hybridized carbons (Fsp3) is 1.00. The first-order chi connectivity index (χ1) is 6.56. The molecule has 0 aliphatic carbocycles. The van der Waals surface area contributed by atoms with Gasteiger partial charge in [-0.2, -0.15) is 0 Å². The molecule has 0 rings (SSSR count). The van der Waals surface area contributed by atoms with Crippen LogP contribution in [0.1, 0.15) is 12.8 Å². The monoisotopic (exact) mass is 215 g/mol. The Bertz CT molecular complexity index is 130. The summed E-state index contributed by atoms with van der Waals surface area (Å²) < 4.78 is 42.8. The highest BCUT2D eigenvalue weighted by Crippen LogP contribution is 2.14. The zero-order chi connectivity index (χ0) is 10.9. The molecule has 3 nitrogen and oxygen atoms in total. The molecule has 0 saturated carbocycles. The molecular weight excluding hydrogens is 199 g/mol. The highest BCUT2D eigenvalue weighted by molar-refractivity contribution is 4.47. The lowest BCUT2D eigenvalue weighted by atomic mass is 10.3. The Balaban J connectivity index is 2.99. The van der Waals surface area contributed by atoms with Gasteiger partial charge in [-0.05, 0) is 19.4 Å². The summed E-state index contributed by atoms with van der Waals surface area (Å²) in [6, 6.07) is 0. The van der Waals surface area contributed by atoms with E-state index in [2.05, 4.69) is 10.1 Å². The average molecular weight is 215 g/mol. The van der Waals surface area contributed by atoms with Crippen molar-refractivity contribution in [1.29, 1.82) is 0 Å². The van der Waals surface area contributed by atoms with Gasteiger partial charge in [-0.25, -0.2) is 0 Å². The van der Waals surface area contributed by atoms with E-state index in [1.165, 1.54) is 0 Å². The minimum atomic E-state index is -4.52. The number of methoxy groups -OCH3 is 1. The molecule has 0 spiro atoms. The van der Waals surface area contributed by atoms with Crippen LogP contribution in [0.25, 0.3) is 0 Å². The SMILES string of the molecule is COCCCCNCCOC(F)(F)F. The van der Waals surface area contributed by atoms with Gasteiger partial charge in [0.05, 0.1) is 6.61 Å². The summed E-state index contributed by atoms with van der Waals surface area (Å²) in [4.78, 5) is 0. The van der Waals surface area contributed by atoms with E-state index < -0.39 is 6.36 Å². The standard InChI is InChI=1S/C8H16F3NO2/c1-13-6-3-2-4-12-5-7-14-8(9,10)11/h12H,2-7H2,1H3. The third-order valence-electron chi connectivity index (χ3n) is 1.50. The summed E-state index contributed by atoms with van der Waals surface area (Å²) in [7, 11) is 1.62. The highest BCUT2D eigenvalue weighted by Gasteiger charge is 2.28. The zero-order valence-corrected chi connectivity index (χ0v) is 8.19. The molecule has 86 valence electrons. The van der Waals surface area contributed by atoms with Gasteiger partial charge < -0.3 is 10.1 Å². The molecule has 0 bridgehead atoms. The summed E-state index contributed by atoms with van der Waals surface area (Å²) in [5, 5.41) is 2.84. The normalized spacial score (nSPS) is 12.0. The van der Waals surface area contributed by atoms with Gasteiger partial charge in [-0.1, -0.05) is 0 Å². The molecule has 0 amide bonds. The van der Waals surface area contributed by atoms with E-state index in [4.69, 9.17) is 4.74 Å². The van der Waals surface area contributed by atoms with Gasteiger partial charge in [0.15, 0.2) is 0 Å². The molecule has 0 radical (unpaired) electrons. The molecule has 0 fully saturated rings. The summed E-state index contributed by atoms with van der Waals surface area (Å²) in [5.74, 6) is 0. The van der Waals surface area contributed by atoms with E-state index in [0.29, 0.717) is 13.2 Å². The first-order valence-electron chi connectivity index (χ1n) is 4.46. The van der Waals surface area contributed by atoms with Crippen LogP contribution in [0.3, 0.4) is 0 Å². The van der Waals surface area contributed by atoms with E-state index in [1.807, 2.05) is 0 Å². The van der Waals surface area contributed by atoms with Crippen molar-refractivity contribution in [2.45, 2.75) is 19.2 Å². The fourth-order valence-electron chi connectivity index (χ4n) is 0.860. The van der Waals surface area contributed by atoms with E-state index >= 15 is 0 Å². The Morgan fingerprint density at radius 2 is 1.79 bits per heavy atom. The quantitative estimate of drug-likeness (QED) is 0.623. The number of alkyl halides is 3. The van der Waals surface area contributed by atoms with Crippen molar-refractivity contribution in [3.05, 3.63) is 0 Å². The molecule has 0 unspecified atom stereocenters. The van der Waals surface area contributed by atoms with Crippen molar-refractivity contribution in [2.24, 2.45) is 0 Å². The number of ether oxygens (including phenoxy) is 2. The second kappa shape index (κ2) is 8.02. The van der Waals surface area contributed by atoms with Crippen LogP contribution in [0.15, 0.2) is 0 Å². The highest BCUT2D eigenvalue weighted by atomic mass is 19.4. The Hall–Kier alpha value is -0.330. The number of halogens is 3. The summed E-state index contributed by atoms with van der Waals surface area (Å²) in [6.07, 6.45) is -2.72. The second-order valence-corrected chi connectivity index (χ2v) is 2.74. The van der Waals surface area contributed by atoms with Crippen LogP contribution in [-0.2, 0) is 9.47 Å². The molecule has 1 N–H and O–H groups in total. The lowest BCUT2D eigenvalue weighted by Gasteiger charge is -2.07. The van der Waals surface area contributed by atoms with E-state index in [0.717, 1.165) is 12.8 Å². The third kappa shape index (κ3) is 11.7. The van der Waals surface area contributed by atoms with Crippen molar-refractivity contribution in [3.63, 3.8) is 0 Å². The first-order valence-corrected chi connectivity index (χ1v) is 4.46. The van der Waals surface area contributed by atoms with Crippen LogP contribution < -0.4 is 5.32 Å². The predicted molar refractivity (Wildman–Crippen MR) is 46.0 cm³/mol. The lowest BCUT2D eigenvalue weighted by molar-refractivity contribution is -0.323. The van der Waals surface area contributed by atoms with Gasteiger partial charge in [0, 0.05) is 20.3 Å². The minimum Gasteiger partial charge on any atom is -0.385 e. The number of rotatable bonds is 8. The van der Waals surface area contributed by atoms with Gasteiger partial charge >= 0.3 is 6.36 Å². The smallest absolute Gasteiger partial charge is 0.385 e. The van der Waals surface area contributed by atoms with Crippen molar-refractivity contribution >= 4 is 0 Å². The number of unbranched alkanes of at least 4 members (excludes halogenated alkanes) is 1. The molecule has 0 aromatic rings. The maximum Gasteiger partial charge on any atom is 0.522 e. The lowest BCUT2D eigenvalue weighted by Crippen LogP contribution is -2.25. The first kappa shape index (κ1) is 13.7. The van der Waals surface area contributed by atoms with Gasteiger partial charge in [0.1, 0.15) is 0 Å². The Kier molecular flexibility index (Phi) is 7.83. The molecule has 0 aliphatic heterocycles. The topological polar surface area (TPSA) is 30.5 Å². The predicted octanol–water partition coefficient (Wildman–Crippen LogP) is 1.54. The Morgan fingerprint density at radius 3 is 2.36 bits per heavy atom. The molecule has 0 heterocycles. The molecular formula is C8H16F3NO2. The zero-order valence-electron chi connectivity index (χ0n) is 8.19.